The number of nitro groups is 1. The van der Waals surface area contributed by atoms with E-state index < -0.39 is 10.9 Å². The summed E-state index contributed by atoms with van der Waals surface area (Å²) in [6, 6.07) is 17.2. The van der Waals surface area contributed by atoms with E-state index in [1.807, 2.05) is 41.2 Å². The minimum Gasteiger partial charge on any atom is -0.452 e. The number of rotatable bonds is 6. The standard InChI is InChI=1S/C23H22N4O5/c28-22(17-32-23(29)18-3-5-19(6-4-18)24-11-1-2-12-24)26-15-13-25(14-16-26)20-7-9-21(10-8-20)27(30)31/h1-12H,13-17H2. The Kier molecular flexibility index (Phi) is 6.16. The normalized spacial score (nSPS) is 13.6. The highest BCUT2D eigenvalue weighted by Gasteiger charge is 2.23. The number of hydrogen-bond acceptors (Lipinski definition) is 6. The van der Waals surface area contributed by atoms with Gasteiger partial charge in [-0.3, -0.25) is 14.9 Å². The van der Waals surface area contributed by atoms with Crippen LogP contribution in [0.4, 0.5) is 11.4 Å². The number of ether oxygens (including phenoxy) is 1. The van der Waals surface area contributed by atoms with Crippen molar-refractivity contribution in [1.82, 2.24) is 9.47 Å². The van der Waals surface area contributed by atoms with E-state index in [1.54, 1.807) is 29.2 Å². The molecule has 0 saturated carbocycles. The number of aromatic nitrogens is 1. The fourth-order valence-corrected chi connectivity index (χ4v) is 3.58. The van der Waals surface area contributed by atoms with Crippen LogP contribution in [0.15, 0.2) is 73.1 Å². The van der Waals surface area contributed by atoms with E-state index >= 15 is 0 Å². The average molecular weight is 434 g/mol. The third-order valence-corrected chi connectivity index (χ3v) is 5.39. The molecule has 164 valence electrons. The first-order valence-electron chi connectivity index (χ1n) is 10.2. The number of piperazine rings is 1. The topological polar surface area (TPSA) is 97.9 Å². The molecule has 0 spiro atoms. The van der Waals surface area contributed by atoms with Crippen molar-refractivity contribution in [2.45, 2.75) is 0 Å². The van der Waals surface area contributed by atoms with Gasteiger partial charge in [-0.15, -0.1) is 0 Å². The molecule has 9 heteroatoms. The smallest absolute Gasteiger partial charge is 0.338 e. The molecular formula is C23H22N4O5. The number of anilines is 1. The molecule has 0 atom stereocenters. The second-order valence-electron chi connectivity index (χ2n) is 7.35. The Labute approximate surface area is 184 Å². The molecule has 2 heterocycles. The summed E-state index contributed by atoms with van der Waals surface area (Å²) < 4.78 is 7.13. The number of carbonyl (C=O) groups excluding carboxylic acids is 2. The van der Waals surface area contributed by atoms with Crippen LogP contribution in [0.3, 0.4) is 0 Å². The molecule has 2 aromatic carbocycles. The van der Waals surface area contributed by atoms with Crippen molar-refractivity contribution in [3.63, 3.8) is 0 Å². The van der Waals surface area contributed by atoms with Crippen molar-refractivity contribution >= 4 is 23.3 Å². The van der Waals surface area contributed by atoms with Gasteiger partial charge in [0.25, 0.3) is 11.6 Å². The number of non-ortho nitro benzene ring substituents is 1. The van der Waals surface area contributed by atoms with Gasteiger partial charge in [-0.1, -0.05) is 0 Å². The van der Waals surface area contributed by atoms with Crippen molar-refractivity contribution in [3.8, 4) is 5.69 Å². The maximum Gasteiger partial charge on any atom is 0.338 e. The lowest BCUT2D eigenvalue weighted by atomic mass is 10.2. The number of amides is 1. The van der Waals surface area contributed by atoms with Gasteiger partial charge < -0.3 is 19.1 Å². The molecule has 3 aromatic rings. The lowest BCUT2D eigenvalue weighted by molar-refractivity contribution is -0.384. The summed E-state index contributed by atoms with van der Waals surface area (Å²) in [5.74, 6) is -0.785. The first-order chi connectivity index (χ1) is 15.5. The number of benzene rings is 2. The molecule has 1 amide bonds. The minimum atomic E-state index is -0.540. The Morgan fingerprint density at radius 2 is 1.47 bits per heavy atom. The molecule has 0 radical (unpaired) electrons. The second-order valence-corrected chi connectivity index (χ2v) is 7.35. The third kappa shape index (κ3) is 4.77. The van der Waals surface area contributed by atoms with Gasteiger partial charge in [-0.05, 0) is 48.5 Å². The van der Waals surface area contributed by atoms with E-state index in [-0.39, 0.29) is 18.2 Å². The summed E-state index contributed by atoms with van der Waals surface area (Å²) in [7, 11) is 0. The highest BCUT2D eigenvalue weighted by molar-refractivity contribution is 5.91. The Morgan fingerprint density at radius 3 is 2.06 bits per heavy atom. The molecule has 4 rings (SSSR count). The van der Waals surface area contributed by atoms with Crippen LogP contribution in [0.1, 0.15) is 10.4 Å². The lowest BCUT2D eigenvalue weighted by Crippen LogP contribution is -2.49. The molecular weight excluding hydrogens is 412 g/mol. The van der Waals surface area contributed by atoms with E-state index in [2.05, 4.69) is 4.90 Å². The Balaban J connectivity index is 1.25. The molecule has 0 unspecified atom stereocenters. The van der Waals surface area contributed by atoms with Crippen molar-refractivity contribution in [2.75, 3.05) is 37.7 Å². The van der Waals surface area contributed by atoms with Crippen LogP contribution in [-0.4, -0.2) is 59.1 Å². The van der Waals surface area contributed by atoms with Crippen LogP contribution in [0.25, 0.3) is 5.69 Å². The first kappa shape index (κ1) is 21.1. The number of esters is 1. The fraction of sp³-hybridized carbons (Fsp3) is 0.217. The van der Waals surface area contributed by atoms with Gasteiger partial charge >= 0.3 is 5.97 Å². The maximum absolute atomic E-state index is 12.5. The Morgan fingerprint density at radius 1 is 0.875 bits per heavy atom. The first-order valence-corrected chi connectivity index (χ1v) is 10.2. The quantitative estimate of drug-likeness (QED) is 0.336. The van der Waals surface area contributed by atoms with Crippen molar-refractivity contribution in [2.24, 2.45) is 0 Å². The van der Waals surface area contributed by atoms with Crippen molar-refractivity contribution in [3.05, 3.63) is 88.7 Å². The van der Waals surface area contributed by atoms with Crippen molar-refractivity contribution in [1.29, 1.82) is 0 Å². The summed E-state index contributed by atoms with van der Waals surface area (Å²) in [6.45, 7) is 1.85. The monoisotopic (exact) mass is 434 g/mol. The van der Waals surface area contributed by atoms with Gasteiger partial charge in [0.2, 0.25) is 0 Å². The molecule has 1 fully saturated rings. The van der Waals surface area contributed by atoms with Crippen LogP contribution in [0.2, 0.25) is 0 Å². The van der Waals surface area contributed by atoms with E-state index in [0.717, 1.165) is 11.4 Å². The summed E-state index contributed by atoms with van der Waals surface area (Å²) >= 11 is 0. The summed E-state index contributed by atoms with van der Waals surface area (Å²) in [5, 5.41) is 10.8. The highest BCUT2D eigenvalue weighted by Crippen LogP contribution is 2.20. The zero-order chi connectivity index (χ0) is 22.5. The summed E-state index contributed by atoms with van der Waals surface area (Å²) in [4.78, 5) is 38.8. The van der Waals surface area contributed by atoms with Gasteiger partial charge in [0, 0.05) is 62.1 Å². The second kappa shape index (κ2) is 9.34. The van der Waals surface area contributed by atoms with E-state index in [1.165, 1.54) is 12.1 Å². The van der Waals surface area contributed by atoms with Crippen LogP contribution in [0.5, 0.6) is 0 Å². The van der Waals surface area contributed by atoms with Crippen molar-refractivity contribution < 1.29 is 19.2 Å². The molecule has 1 saturated heterocycles. The van der Waals surface area contributed by atoms with Gasteiger partial charge in [-0.2, -0.15) is 0 Å². The largest absolute Gasteiger partial charge is 0.452 e. The average Bonchev–Trinajstić information content (AvgIpc) is 3.38. The molecule has 0 aliphatic carbocycles. The Hall–Kier alpha value is -4.14. The SMILES string of the molecule is O=C(OCC(=O)N1CCN(c2ccc([N+](=O)[O-])cc2)CC1)c1ccc(-n2cccc2)cc1. The number of carbonyl (C=O) groups is 2. The summed E-state index contributed by atoms with van der Waals surface area (Å²) in [5.41, 5.74) is 2.23. The summed E-state index contributed by atoms with van der Waals surface area (Å²) in [6.07, 6.45) is 3.82. The highest BCUT2D eigenvalue weighted by atomic mass is 16.6. The molecule has 1 aromatic heterocycles. The van der Waals surface area contributed by atoms with Gasteiger partial charge in [0.05, 0.1) is 10.5 Å². The van der Waals surface area contributed by atoms with E-state index in [9.17, 15) is 19.7 Å². The van der Waals surface area contributed by atoms with E-state index in [4.69, 9.17) is 4.74 Å². The molecule has 9 nitrogen and oxygen atoms in total. The van der Waals surface area contributed by atoms with Gasteiger partial charge in [0.1, 0.15) is 0 Å². The molecule has 1 aliphatic rings. The molecule has 0 bridgehead atoms. The Bertz CT molecular complexity index is 1090. The maximum atomic E-state index is 12.5. The zero-order valence-electron chi connectivity index (χ0n) is 17.3. The number of nitrogens with zero attached hydrogens (tertiary/aromatic N) is 4. The van der Waals surface area contributed by atoms with Crippen LogP contribution < -0.4 is 4.90 Å². The molecule has 1 aliphatic heterocycles. The van der Waals surface area contributed by atoms with Crippen LogP contribution in [0, 0.1) is 10.1 Å². The zero-order valence-corrected chi connectivity index (χ0v) is 17.3. The van der Waals surface area contributed by atoms with E-state index in [0.29, 0.717) is 31.7 Å². The van der Waals surface area contributed by atoms with Gasteiger partial charge in [-0.25, -0.2) is 4.79 Å². The minimum absolute atomic E-state index is 0.0451. The predicted molar refractivity (Wildman–Crippen MR) is 118 cm³/mol. The third-order valence-electron chi connectivity index (χ3n) is 5.39. The number of nitro benzene ring substituents is 1. The van der Waals surface area contributed by atoms with Crippen LogP contribution in [-0.2, 0) is 9.53 Å². The molecule has 32 heavy (non-hydrogen) atoms. The van der Waals surface area contributed by atoms with Gasteiger partial charge in [0.15, 0.2) is 6.61 Å². The lowest BCUT2D eigenvalue weighted by Gasteiger charge is -2.36. The molecule has 0 N–H and O–H groups in total. The number of hydrogen-bond donors (Lipinski definition) is 0. The van der Waals surface area contributed by atoms with Crippen LogP contribution >= 0.6 is 0 Å². The fourth-order valence-electron chi connectivity index (χ4n) is 3.58. The predicted octanol–water partition coefficient (Wildman–Crippen LogP) is 2.89.